The van der Waals surface area contributed by atoms with Gasteiger partial charge in [-0.15, -0.1) is 0 Å². The zero-order valence-corrected chi connectivity index (χ0v) is 9.97. The number of aliphatic hydroxyl groups is 1. The predicted molar refractivity (Wildman–Crippen MR) is 62.8 cm³/mol. The van der Waals surface area contributed by atoms with Gasteiger partial charge >= 0.3 is 0 Å². The SMILES string of the molecule is N#CC1(C2(O)CCNCC2)CCCCCC1. The zero-order chi connectivity index (χ0) is 11.5. The van der Waals surface area contributed by atoms with Crippen molar-refractivity contribution in [3.05, 3.63) is 0 Å². The van der Waals surface area contributed by atoms with Crippen molar-refractivity contribution in [2.45, 2.75) is 57.0 Å². The Hall–Kier alpha value is -0.590. The van der Waals surface area contributed by atoms with Crippen molar-refractivity contribution in [1.29, 1.82) is 5.26 Å². The van der Waals surface area contributed by atoms with Gasteiger partial charge in [0.05, 0.1) is 17.1 Å². The number of nitrogens with zero attached hydrogens (tertiary/aromatic N) is 1. The monoisotopic (exact) mass is 222 g/mol. The van der Waals surface area contributed by atoms with Gasteiger partial charge in [0.25, 0.3) is 0 Å². The maximum absolute atomic E-state index is 10.8. The highest BCUT2D eigenvalue weighted by Gasteiger charge is 2.50. The molecule has 0 atom stereocenters. The molecule has 1 heterocycles. The third kappa shape index (κ3) is 1.97. The minimum Gasteiger partial charge on any atom is -0.388 e. The maximum Gasteiger partial charge on any atom is 0.0861 e. The van der Waals surface area contributed by atoms with Crippen LogP contribution in [0.2, 0.25) is 0 Å². The summed E-state index contributed by atoms with van der Waals surface area (Å²) in [7, 11) is 0. The Morgan fingerprint density at radius 1 is 0.938 bits per heavy atom. The zero-order valence-electron chi connectivity index (χ0n) is 9.97. The van der Waals surface area contributed by atoms with Gasteiger partial charge in [-0.1, -0.05) is 25.7 Å². The van der Waals surface area contributed by atoms with Crippen LogP contribution in [0.4, 0.5) is 0 Å². The van der Waals surface area contributed by atoms with Gasteiger partial charge in [0.15, 0.2) is 0 Å². The lowest BCUT2D eigenvalue weighted by molar-refractivity contribution is -0.0842. The van der Waals surface area contributed by atoms with E-state index in [4.69, 9.17) is 0 Å². The Kier molecular flexibility index (Phi) is 3.51. The van der Waals surface area contributed by atoms with Crippen LogP contribution >= 0.6 is 0 Å². The van der Waals surface area contributed by atoms with Gasteiger partial charge in [0.1, 0.15) is 0 Å². The third-order valence-electron chi connectivity index (χ3n) is 4.49. The molecule has 16 heavy (non-hydrogen) atoms. The Bertz CT molecular complexity index is 268. The predicted octanol–water partition coefficient (Wildman–Crippen LogP) is 1.97. The molecule has 2 fully saturated rings. The molecule has 0 bridgehead atoms. The summed E-state index contributed by atoms with van der Waals surface area (Å²) in [6.45, 7) is 1.69. The molecule has 2 rings (SSSR count). The molecule has 1 saturated carbocycles. The summed E-state index contributed by atoms with van der Waals surface area (Å²) in [5, 5.41) is 23.6. The molecular formula is C13H22N2O. The highest BCUT2D eigenvalue weighted by molar-refractivity contribution is 5.13. The number of nitrogens with one attached hydrogen (secondary N) is 1. The van der Waals surface area contributed by atoms with Crippen molar-refractivity contribution in [2.75, 3.05) is 13.1 Å². The van der Waals surface area contributed by atoms with Crippen LogP contribution in [0.15, 0.2) is 0 Å². The molecule has 0 unspecified atom stereocenters. The van der Waals surface area contributed by atoms with E-state index in [1.165, 1.54) is 12.8 Å². The minimum absolute atomic E-state index is 0.467. The Morgan fingerprint density at radius 2 is 1.50 bits per heavy atom. The molecule has 3 heteroatoms. The topological polar surface area (TPSA) is 56.0 Å². The minimum atomic E-state index is -0.739. The molecule has 2 N–H and O–H groups in total. The lowest BCUT2D eigenvalue weighted by atomic mass is 9.64. The fourth-order valence-corrected chi connectivity index (χ4v) is 3.33. The molecule has 0 aromatic heterocycles. The quantitative estimate of drug-likeness (QED) is 0.667. The van der Waals surface area contributed by atoms with E-state index >= 15 is 0 Å². The molecule has 2 aliphatic rings. The molecule has 1 saturated heterocycles. The van der Waals surface area contributed by atoms with Crippen molar-refractivity contribution in [2.24, 2.45) is 5.41 Å². The Morgan fingerprint density at radius 3 is 2.00 bits per heavy atom. The van der Waals surface area contributed by atoms with E-state index in [-0.39, 0.29) is 0 Å². The van der Waals surface area contributed by atoms with Crippen molar-refractivity contribution < 1.29 is 5.11 Å². The molecule has 0 aromatic rings. The van der Waals surface area contributed by atoms with Gasteiger partial charge in [-0.25, -0.2) is 0 Å². The van der Waals surface area contributed by atoms with E-state index in [0.717, 1.165) is 51.6 Å². The molecule has 1 aliphatic heterocycles. The molecule has 0 amide bonds. The maximum atomic E-state index is 10.8. The summed E-state index contributed by atoms with van der Waals surface area (Å²) in [6.07, 6.45) is 7.89. The van der Waals surface area contributed by atoms with Crippen molar-refractivity contribution in [3.8, 4) is 6.07 Å². The fraction of sp³-hybridized carbons (Fsp3) is 0.923. The van der Waals surface area contributed by atoms with Crippen LogP contribution in [0.5, 0.6) is 0 Å². The van der Waals surface area contributed by atoms with Gasteiger partial charge in [-0.2, -0.15) is 5.26 Å². The van der Waals surface area contributed by atoms with Gasteiger partial charge in [0.2, 0.25) is 0 Å². The van der Waals surface area contributed by atoms with Crippen LogP contribution in [-0.2, 0) is 0 Å². The first-order valence-electron chi connectivity index (χ1n) is 6.57. The highest BCUT2D eigenvalue weighted by Crippen LogP contribution is 2.47. The first-order chi connectivity index (χ1) is 7.72. The second-order valence-corrected chi connectivity index (χ2v) is 5.39. The van der Waals surface area contributed by atoms with Crippen LogP contribution < -0.4 is 5.32 Å². The molecule has 1 aliphatic carbocycles. The summed E-state index contributed by atoms with van der Waals surface area (Å²) in [5.41, 5.74) is -1.21. The number of nitriles is 1. The molecular weight excluding hydrogens is 200 g/mol. The molecule has 0 spiro atoms. The van der Waals surface area contributed by atoms with Crippen molar-refractivity contribution in [1.82, 2.24) is 5.32 Å². The van der Waals surface area contributed by atoms with E-state index < -0.39 is 11.0 Å². The molecule has 90 valence electrons. The van der Waals surface area contributed by atoms with Gasteiger partial charge < -0.3 is 10.4 Å². The second kappa shape index (κ2) is 4.73. The van der Waals surface area contributed by atoms with Gasteiger partial charge in [-0.3, -0.25) is 0 Å². The van der Waals surface area contributed by atoms with E-state index in [1.807, 2.05) is 0 Å². The standard InChI is InChI=1S/C13H22N2O/c14-11-12(5-3-1-2-4-6-12)13(16)7-9-15-10-8-13/h15-16H,1-10H2. The molecule has 0 aromatic carbocycles. The Balaban J connectivity index is 2.21. The molecule has 3 nitrogen and oxygen atoms in total. The normalized spacial score (nSPS) is 29.0. The lowest BCUT2D eigenvalue weighted by Crippen LogP contribution is -2.53. The smallest absolute Gasteiger partial charge is 0.0861 e. The van der Waals surface area contributed by atoms with E-state index in [1.54, 1.807) is 0 Å². The first kappa shape index (κ1) is 11.9. The summed E-state index contributed by atoms with van der Waals surface area (Å²) >= 11 is 0. The van der Waals surface area contributed by atoms with Crippen LogP contribution in [-0.4, -0.2) is 23.8 Å². The summed E-state index contributed by atoms with van der Waals surface area (Å²) in [5.74, 6) is 0. The van der Waals surface area contributed by atoms with Crippen LogP contribution in [0.25, 0.3) is 0 Å². The molecule has 0 radical (unpaired) electrons. The fourth-order valence-electron chi connectivity index (χ4n) is 3.33. The van der Waals surface area contributed by atoms with Crippen LogP contribution in [0, 0.1) is 16.7 Å². The van der Waals surface area contributed by atoms with Crippen LogP contribution in [0.1, 0.15) is 51.4 Å². The lowest BCUT2D eigenvalue weighted by Gasteiger charge is -2.45. The summed E-state index contributed by atoms with van der Waals surface area (Å²) < 4.78 is 0. The third-order valence-corrected chi connectivity index (χ3v) is 4.49. The highest BCUT2D eigenvalue weighted by atomic mass is 16.3. The summed E-state index contributed by atoms with van der Waals surface area (Å²) in [4.78, 5) is 0. The van der Waals surface area contributed by atoms with Gasteiger partial charge in [-0.05, 0) is 38.8 Å². The average molecular weight is 222 g/mol. The first-order valence-corrected chi connectivity index (χ1v) is 6.57. The number of hydrogen-bond donors (Lipinski definition) is 2. The van der Waals surface area contributed by atoms with Gasteiger partial charge in [0, 0.05) is 0 Å². The average Bonchev–Trinajstić information content (AvgIpc) is 2.56. The van der Waals surface area contributed by atoms with Crippen LogP contribution in [0.3, 0.4) is 0 Å². The number of rotatable bonds is 1. The largest absolute Gasteiger partial charge is 0.388 e. The summed E-state index contributed by atoms with van der Waals surface area (Å²) in [6, 6.07) is 2.49. The van der Waals surface area contributed by atoms with Crippen molar-refractivity contribution in [3.63, 3.8) is 0 Å². The van der Waals surface area contributed by atoms with E-state index in [0.29, 0.717) is 0 Å². The second-order valence-electron chi connectivity index (χ2n) is 5.39. The van der Waals surface area contributed by atoms with Crippen molar-refractivity contribution >= 4 is 0 Å². The Labute approximate surface area is 97.8 Å². The number of hydrogen-bond acceptors (Lipinski definition) is 3. The number of piperidine rings is 1. The van der Waals surface area contributed by atoms with E-state index in [2.05, 4.69) is 11.4 Å². The van der Waals surface area contributed by atoms with E-state index in [9.17, 15) is 10.4 Å².